The van der Waals surface area contributed by atoms with Crippen LogP contribution in [0.15, 0.2) is 30.3 Å². The number of para-hydroxylation sites is 1. The van der Waals surface area contributed by atoms with Crippen molar-refractivity contribution in [3.8, 4) is 0 Å². The van der Waals surface area contributed by atoms with Gasteiger partial charge in [-0.3, -0.25) is 0 Å². The number of fused-ring (bicyclic) bond motifs is 1. The van der Waals surface area contributed by atoms with Gasteiger partial charge in [0.1, 0.15) is 6.10 Å². The van der Waals surface area contributed by atoms with Crippen LogP contribution in [0.4, 0.5) is 0 Å². The van der Waals surface area contributed by atoms with Crippen molar-refractivity contribution in [2.45, 2.75) is 17.1 Å². The lowest BCUT2D eigenvalue weighted by Crippen LogP contribution is -2.18. The number of thioether (sulfide) groups is 2. The summed E-state index contributed by atoms with van der Waals surface area (Å²) in [6, 6.07) is 10.4. The van der Waals surface area contributed by atoms with E-state index in [9.17, 15) is 5.11 Å². The van der Waals surface area contributed by atoms with E-state index in [-0.39, 0.29) is 10.7 Å². The zero-order valence-corrected chi connectivity index (χ0v) is 12.0. The molecule has 0 aliphatic carbocycles. The summed E-state index contributed by atoms with van der Waals surface area (Å²) in [4.78, 5) is 0. The van der Waals surface area contributed by atoms with Gasteiger partial charge >= 0.3 is 0 Å². The Bertz CT molecular complexity index is 546. The predicted octanol–water partition coefficient (Wildman–Crippen LogP) is 3.41. The first-order chi connectivity index (χ1) is 8.77. The molecular formula is C14H17NOS2. The van der Waals surface area contributed by atoms with Crippen LogP contribution in [0, 0.1) is 0 Å². The predicted molar refractivity (Wildman–Crippen MR) is 81.2 cm³/mol. The first-order valence-electron chi connectivity index (χ1n) is 6.23. The maximum absolute atomic E-state index is 10.6. The van der Waals surface area contributed by atoms with Gasteiger partial charge in [0.15, 0.2) is 0 Å². The average Bonchev–Trinajstić information content (AvgIpc) is 2.77. The van der Waals surface area contributed by atoms with Crippen molar-refractivity contribution in [1.29, 1.82) is 0 Å². The molecule has 96 valence electrons. The first-order valence-corrected chi connectivity index (χ1v) is 8.33. The maximum Gasteiger partial charge on any atom is 0.115 e. The van der Waals surface area contributed by atoms with Gasteiger partial charge in [0.25, 0.3) is 0 Å². The van der Waals surface area contributed by atoms with Crippen LogP contribution in [-0.4, -0.2) is 25.8 Å². The minimum atomic E-state index is -0.377. The van der Waals surface area contributed by atoms with E-state index in [1.807, 2.05) is 42.7 Å². The van der Waals surface area contributed by atoms with Gasteiger partial charge in [0, 0.05) is 18.3 Å². The van der Waals surface area contributed by atoms with Gasteiger partial charge in [-0.15, -0.1) is 23.5 Å². The Morgan fingerprint density at radius 3 is 2.72 bits per heavy atom. The molecule has 0 saturated carbocycles. The Balaban J connectivity index is 1.95. The van der Waals surface area contributed by atoms with Crippen LogP contribution in [0.1, 0.15) is 18.2 Å². The third-order valence-electron chi connectivity index (χ3n) is 3.40. The van der Waals surface area contributed by atoms with Crippen LogP contribution in [0.25, 0.3) is 10.9 Å². The molecular weight excluding hydrogens is 262 g/mol. The molecule has 0 amide bonds. The molecule has 18 heavy (non-hydrogen) atoms. The Morgan fingerprint density at radius 2 is 2.00 bits per heavy atom. The molecule has 0 bridgehead atoms. The van der Waals surface area contributed by atoms with Gasteiger partial charge < -0.3 is 9.67 Å². The minimum absolute atomic E-state index is 0.279. The van der Waals surface area contributed by atoms with E-state index in [0.29, 0.717) is 0 Å². The number of hydrogen-bond donors (Lipinski definition) is 1. The topological polar surface area (TPSA) is 25.2 Å². The van der Waals surface area contributed by atoms with Crippen molar-refractivity contribution in [2.75, 3.05) is 11.5 Å². The zero-order chi connectivity index (χ0) is 12.5. The second kappa shape index (κ2) is 5.19. The molecule has 1 unspecified atom stereocenters. The SMILES string of the molecule is Cn1c(C(O)C2SCCCS2)cc2ccccc21. The van der Waals surface area contributed by atoms with Crippen LogP contribution in [0.5, 0.6) is 0 Å². The molecule has 1 saturated heterocycles. The van der Waals surface area contributed by atoms with Gasteiger partial charge in [-0.2, -0.15) is 0 Å². The molecule has 2 aromatic rings. The summed E-state index contributed by atoms with van der Waals surface area (Å²) < 4.78 is 2.40. The number of aryl methyl sites for hydroxylation is 1. The van der Waals surface area contributed by atoms with Crippen molar-refractivity contribution in [1.82, 2.24) is 4.57 Å². The number of aromatic nitrogens is 1. The molecule has 2 heterocycles. The zero-order valence-electron chi connectivity index (χ0n) is 10.4. The largest absolute Gasteiger partial charge is 0.385 e. The van der Waals surface area contributed by atoms with Crippen LogP contribution in [0.2, 0.25) is 0 Å². The van der Waals surface area contributed by atoms with Crippen molar-refractivity contribution < 1.29 is 5.11 Å². The summed E-state index contributed by atoms with van der Waals surface area (Å²) in [5, 5.41) is 11.8. The fourth-order valence-corrected chi connectivity index (χ4v) is 5.30. The van der Waals surface area contributed by atoms with E-state index in [2.05, 4.69) is 22.8 Å². The van der Waals surface area contributed by atoms with Crippen molar-refractivity contribution >= 4 is 34.4 Å². The Hall–Kier alpha value is -0.580. The number of hydrogen-bond acceptors (Lipinski definition) is 3. The van der Waals surface area contributed by atoms with Gasteiger partial charge in [-0.05, 0) is 35.4 Å². The minimum Gasteiger partial charge on any atom is -0.385 e. The molecule has 1 aliphatic heterocycles. The molecule has 2 nitrogen and oxygen atoms in total. The average molecular weight is 279 g/mol. The monoisotopic (exact) mass is 279 g/mol. The molecule has 1 aromatic heterocycles. The summed E-state index contributed by atoms with van der Waals surface area (Å²) in [6.45, 7) is 0. The number of benzene rings is 1. The van der Waals surface area contributed by atoms with Crippen LogP contribution < -0.4 is 0 Å². The second-order valence-corrected chi connectivity index (χ2v) is 7.39. The molecule has 0 radical (unpaired) electrons. The molecule has 3 rings (SSSR count). The Morgan fingerprint density at radius 1 is 1.28 bits per heavy atom. The summed E-state index contributed by atoms with van der Waals surface area (Å²) in [5.41, 5.74) is 2.22. The molecule has 0 spiro atoms. The molecule has 1 aromatic carbocycles. The van der Waals surface area contributed by atoms with E-state index in [4.69, 9.17) is 0 Å². The van der Waals surface area contributed by atoms with Gasteiger partial charge in [0.05, 0.1) is 4.58 Å². The Labute approximate surface area is 116 Å². The lowest BCUT2D eigenvalue weighted by molar-refractivity contribution is 0.188. The molecule has 1 N–H and O–H groups in total. The highest BCUT2D eigenvalue weighted by Crippen LogP contribution is 2.40. The fourth-order valence-electron chi connectivity index (χ4n) is 2.42. The van der Waals surface area contributed by atoms with Crippen LogP contribution >= 0.6 is 23.5 Å². The fraction of sp³-hybridized carbons (Fsp3) is 0.429. The number of rotatable bonds is 2. The number of aliphatic hydroxyl groups excluding tert-OH is 1. The third kappa shape index (κ3) is 2.17. The highest BCUT2D eigenvalue weighted by Gasteiger charge is 2.26. The van der Waals surface area contributed by atoms with Gasteiger partial charge in [-0.1, -0.05) is 18.2 Å². The van der Waals surface area contributed by atoms with E-state index >= 15 is 0 Å². The van der Waals surface area contributed by atoms with Gasteiger partial charge in [-0.25, -0.2) is 0 Å². The van der Waals surface area contributed by atoms with E-state index < -0.39 is 0 Å². The van der Waals surface area contributed by atoms with Gasteiger partial charge in [0.2, 0.25) is 0 Å². The summed E-state index contributed by atoms with van der Waals surface area (Å²) in [7, 11) is 2.04. The molecule has 1 aliphatic rings. The maximum atomic E-state index is 10.6. The summed E-state index contributed by atoms with van der Waals surface area (Å²) in [5.74, 6) is 2.33. The summed E-state index contributed by atoms with van der Waals surface area (Å²) >= 11 is 3.77. The van der Waals surface area contributed by atoms with E-state index in [1.54, 1.807) is 0 Å². The number of nitrogens with zero attached hydrogens (tertiary/aromatic N) is 1. The van der Waals surface area contributed by atoms with E-state index in [0.717, 1.165) is 5.69 Å². The smallest absolute Gasteiger partial charge is 0.115 e. The van der Waals surface area contributed by atoms with E-state index in [1.165, 1.54) is 28.8 Å². The lowest BCUT2D eigenvalue weighted by atomic mass is 10.2. The second-order valence-electron chi connectivity index (χ2n) is 4.60. The summed E-state index contributed by atoms with van der Waals surface area (Å²) in [6.07, 6.45) is 0.880. The lowest BCUT2D eigenvalue weighted by Gasteiger charge is -2.26. The first kappa shape index (κ1) is 12.5. The Kier molecular flexibility index (Phi) is 3.59. The number of aliphatic hydroxyl groups is 1. The molecule has 1 atom stereocenters. The molecule has 1 fully saturated rings. The third-order valence-corrected chi connectivity index (χ3v) is 6.44. The quantitative estimate of drug-likeness (QED) is 0.912. The van der Waals surface area contributed by atoms with Crippen LogP contribution in [-0.2, 0) is 7.05 Å². The molecule has 4 heteroatoms. The normalized spacial score (nSPS) is 19.2. The van der Waals surface area contributed by atoms with Crippen molar-refractivity contribution in [3.63, 3.8) is 0 Å². The van der Waals surface area contributed by atoms with Crippen molar-refractivity contribution in [2.24, 2.45) is 7.05 Å². The highest BCUT2D eigenvalue weighted by atomic mass is 32.2. The van der Waals surface area contributed by atoms with Crippen LogP contribution in [0.3, 0.4) is 0 Å². The van der Waals surface area contributed by atoms with Crippen molar-refractivity contribution in [3.05, 3.63) is 36.0 Å². The standard InChI is InChI=1S/C14H17NOS2/c1-15-11-6-3-2-5-10(11)9-12(15)13(16)14-17-7-4-8-18-14/h2-3,5-6,9,13-14,16H,4,7-8H2,1H3. The highest BCUT2D eigenvalue weighted by molar-refractivity contribution is 8.17.